The van der Waals surface area contributed by atoms with E-state index in [0.29, 0.717) is 5.69 Å². The van der Waals surface area contributed by atoms with E-state index in [9.17, 15) is 19.8 Å². The highest BCUT2D eigenvalue weighted by atomic mass is 16.3. The third-order valence-corrected chi connectivity index (χ3v) is 2.12. The third kappa shape index (κ3) is 1.46. The van der Waals surface area contributed by atoms with Crippen molar-refractivity contribution in [3.05, 3.63) is 40.2 Å². The maximum atomic E-state index is 11.2. The number of carbonyl (C=O) groups is 1. The number of nitrogens with zero attached hydrogens (tertiary/aromatic N) is 1. The van der Waals surface area contributed by atoms with Crippen LogP contribution < -0.4 is 5.56 Å². The molecule has 2 aromatic rings. The van der Waals surface area contributed by atoms with Gasteiger partial charge in [0.15, 0.2) is 6.29 Å². The topological polar surface area (TPSA) is 95.3 Å². The summed E-state index contributed by atoms with van der Waals surface area (Å²) in [6, 6.07) is 5.89. The highest BCUT2D eigenvalue weighted by molar-refractivity contribution is 5.77. The van der Waals surface area contributed by atoms with Crippen LogP contribution in [-0.2, 0) is 0 Å². The van der Waals surface area contributed by atoms with Crippen molar-refractivity contribution in [3.8, 4) is 17.3 Å². The summed E-state index contributed by atoms with van der Waals surface area (Å²) in [6.45, 7) is 0. The summed E-state index contributed by atoms with van der Waals surface area (Å²) in [4.78, 5) is 21.7. The maximum Gasteiger partial charge on any atom is 0.279 e. The zero-order chi connectivity index (χ0) is 11.7. The van der Waals surface area contributed by atoms with Crippen LogP contribution in [-0.4, -0.2) is 26.3 Å². The zero-order valence-electron chi connectivity index (χ0n) is 8.04. The summed E-state index contributed by atoms with van der Waals surface area (Å²) in [5, 5.41) is 21.1. The van der Waals surface area contributed by atoms with Gasteiger partial charge in [-0.15, -0.1) is 0 Å². The van der Waals surface area contributed by atoms with Gasteiger partial charge in [0.1, 0.15) is 11.3 Å². The average Bonchev–Trinajstić information content (AvgIpc) is 2.54. The van der Waals surface area contributed by atoms with Crippen LogP contribution in [0.1, 0.15) is 10.4 Å². The number of carbonyl (C=O) groups excluding carboxylic acids is 1. The van der Waals surface area contributed by atoms with Crippen LogP contribution in [0.5, 0.6) is 11.6 Å². The fraction of sp³-hybridized carbons (Fsp3) is 0. The number of benzene rings is 1. The minimum Gasteiger partial charge on any atom is -0.508 e. The molecule has 3 N–H and O–H groups in total. The first-order valence-corrected chi connectivity index (χ1v) is 4.42. The molecule has 1 heterocycles. The number of hydrogen-bond donors (Lipinski definition) is 3. The van der Waals surface area contributed by atoms with Gasteiger partial charge in [-0.2, -0.15) is 0 Å². The summed E-state index contributed by atoms with van der Waals surface area (Å²) >= 11 is 0. The summed E-state index contributed by atoms with van der Waals surface area (Å²) < 4.78 is 1.02. The van der Waals surface area contributed by atoms with Crippen LogP contribution >= 0.6 is 0 Å². The first kappa shape index (κ1) is 10.0. The van der Waals surface area contributed by atoms with E-state index in [-0.39, 0.29) is 17.6 Å². The van der Waals surface area contributed by atoms with Gasteiger partial charge in [-0.3, -0.25) is 14.7 Å². The lowest BCUT2D eigenvalue weighted by Gasteiger charge is -2.03. The Morgan fingerprint density at radius 3 is 2.62 bits per heavy atom. The van der Waals surface area contributed by atoms with Crippen molar-refractivity contribution in [1.29, 1.82) is 0 Å². The molecule has 0 bridgehead atoms. The smallest absolute Gasteiger partial charge is 0.279 e. The van der Waals surface area contributed by atoms with Crippen LogP contribution in [0.4, 0.5) is 0 Å². The number of phenols is 1. The number of nitrogens with one attached hydrogen (secondary N) is 1. The van der Waals surface area contributed by atoms with Crippen LogP contribution in [0, 0.1) is 0 Å². The number of aromatic amines is 1. The molecule has 0 aliphatic carbocycles. The van der Waals surface area contributed by atoms with Gasteiger partial charge >= 0.3 is 0 Å². The fourth-order valence-electron chi connectivity index (χ4n) is 1.36. The molecule has 0 aliphatic rings. The van der Waals surface area contributed by atoms with E-state index < -0.39 is 11.4 Å². The van der Waals surface area contributed by atoms with E-state index in [0.717, 1.165) is 4.68 Å². The standard InChI is InChI=1S/C10H8N2O4/c13-5-8-9(15)11-12(10(8)16)6-2-1-3-7(14)4-6/h1-5,14,16H,(H,11,15). The predicted octanol–water partition coefficient (Wildman–Crippen LogP) is 0.389. The molecule has 0 radical (unpaired) electrons. The molecule has 82 valence electrons. The Bertz CT molecular complexity index is 597. The van der Waals surface area contributed by atoms with Crippen molar-refractivity contribution in [2.45, 2.75) is 0 Å². The number of phenolic OH excluding ortho intramolecular Hbond substituents is 1. The molecular formula is C10H8N2O4. The minimum absolute atomic E-state index is 0.0147. The van der Waals surface area contributed by atoms with Gasteiger partial charge in [-0.05, 0) is 12.1 Å². The Morgan fingerprint density at radius 2 is 2.06 bits per heavy atom. The van der Waals surface area contributed by atoms with Gasteiger partial charge in [0.2, 0.25) is 5.88 Å². The van der Waals surface area contributed by atoms with Gasteiger partial charge in [-0.1, -0.05) is 6.07 Å². The largest absolute Gasteiger partial charge is 0.508 e. The molecule has 0 saturated carbocycles. The molecule has 0 fully saturated rings. The first-order valence-electron chi connectivity index (χ1n) is 4.42. The van der Waals surface area contributed by atoms with Crippen molar-refractivity contribution in [2.75, 3.05) is 0 Å². The van der Waals surface area contributed by atoms with Crippen LogP contribution in [0.3, 0.4) is 0 Å². The van der Waals surface area contributed by atoms with E-state index in [2.05, 4.69) is 5.10 Å². The lowest BCUT2D eigenvalue weighted by molar-refractivity contribution is 0.112. The highest BCUT2D eigenvalue weighted by Gasteiger charge is 2.14. The number of aldehydes is 1. The number of hydrogen-bond acceptors (Lipinski definition) is 4. The van der Waals surface area contributed by atoms with Crippen LogP contribution in [0.2, 0.25) is 0 Å². The van der Waals surface area contributed by atoms with Gasteiger partial charge in [-0.25, -0.2) is 4.68 Å². The summed E-state index contributed by atoms with van der Waals surface area (Å²) in [5.41, 5.74) is -0.679. The van der Waals surface area contributed by atoms with E-state index >= 15 is 0 Å². The number of rotatable bonds is 2. The zero-order valence-corrected chi connectivity index (χ0v) is 8.04. The molecule has 1 aromatic carbocycles. The maximum absolute atomic E-state index is 11.2. The van der Waals surface area contributed by atoms with Gasteiger partial charge in [0, 0.05) is 6.07 Å². The molecule has 2 rings (SSSR count). The molecule has 0 spiro atoms. The van der Waals surface area contributed by atoms with Crippen molar-refractivity contribution < 1.29 is 15.0 Å². The molecule has 6 heteroatoms. The van der Waals surface area contributed by atoms with E-state index in [1.54, 1.807) is 12.1 Å². The Kier molecular flexibility index (Phi) is 2.24. The van der Waals surface area contributed by atoms with Crippen molar-refractivity contribution >= 4 is 6.29 Å². The predicted molar refractivity (Wildman–Crippen MR) is 55.1 cm³/mol. The second-order valence-electron chi connectivity index (χ2n) is 3.15. The molecule has 6 nitrogen and oxygen atoms in total. The SMILES string of the molecule is O=Cc1c(O)n(-c2cccc(O)c2)[nH]c1=O. The Balaban J connectivity index is 2.65. The molecular weight excluding hydrogens is 212 g/mol. The Hall–Kier alpha value is -2.50. The van der Waals surface area contributed by atoms with Crippen LogP contribution in [0.25, 0.3) is 5.69 Å². The van der Waals surface area contributed by atoms with E-state index in [1.807, 2.05) is 0 Å². The van der Waals surface area contributed by atoms with E-state index in [4.69, 9.17) is 0 Å². The second kappa shape index (κ2) is 3.58. The molecule has 1 aromatic heterocycles. The van der Waals surface area contributed by atoms with E-state index in [1.165, 1.54) is 12.1 Å². The van der Waals surface area contributed by atoms with Gasteiger partial charge in [0.25, 0.3) is 5.56 Å². The molecule has 0 unspecified atom stereocenters. The molecule has 0 atom stereocenters. The molecule has 0 aliphatic heterocycles. The number of aromatic hydroxyl groups is 2. The van der Waals surface area contributed by atoms with Gasteiger partial charge < -0.3 is 10.2 Å². The summed E-state index contributed by atoms with van der Waals surface area (Å²) in [7, 11) is 0. The number of H-pyrrole nitrogens is 1. The quantitative estimate of drug-likeness (QED) is 0.638. The second-order valence-corrected chi connectivity index (χ2v) is 3.15. The Morgan fingerprint density at radius 1 is 1.31 bits per heavy atom. The lowest BCUT2D eigenvalue weighted by Crippen LogP contribution is -2.06. The van der Waals surface area contributed by atoms with Crippen molar-refractivity contribution in [2.24, 2.45) is 0 Å². The van der Waals surface area contributed by atoms with Crippen LogP contribution in [0.15, 0.2) is 29.1 Å². The fourth-order valence-corrected chi connectivity index (χ4v) is 1.36. The number of aromatic nitrogens is 2. The molecule has 0 amide bonds. The lowest BCUT2D eigenvalue weighted by atomic mass is 10.3. The monoisotopic (exact) mass is 220 g/mol. The normalized spacial score (nSPS) is 10.2. The average molecular weight is 220 g/mol. The molecule has 0 saturated heterocycles. The Labute approximate surface area is 89.4 Å². The third-order valence-electron chi connectivity index (χ3n) is 2.12. The van der Waals surface area contributed by atoms with Gasteiger partial charge in [0.05, 0.1) is 5.69 Å². The highest BCUT2D eigenvalue weighted by Crippen LogP contribution is 2.19. The summed E-state index contributed by atoms with van der Waals surface area (Å²) in [6.07, 6.45) is 0.271. The minimum atomic E-state index is -0.684. The van der Waals surface area contributed by atoms with Crippen molar-refractivity contribution in [1.82, 2.24) is 9.78 Å². The first-order chi connectivity index (χ1) is 7.63. The van der Waals surface area contributed by atoms with Crippen molar-refractivity contribution in [3.63, 3.8) is 0 Å². The summed E-state index contributed by atoms with van der Waals surface area (Å²) in [5.74, 6) is -0.496. The molecule has 16 heavy (non-hydrogen) atoms.